The molecule has 3 atom stereocenters. The Morgan fingerprint density at radius 3 is 2.95 bits per heavy atom. The number of nitrogens with two attached hydrogens (primary N) is 1. The topological polar surface area (TPSA) is 55.6 Å². The van der Waals surface area contributed by atoms with Gasteiger partial charge in [-0.25, -0.2) is 4.39 Å². The minimum Gasteiger partial charge on any atom is -0.484 e. The van der Waals surface area contributed by atoms with Crippen LogP contribution in [-0.2, 0) is 4.79 Å². The zero-order valence-corrected chi connectivity index (χ0v) is 12.4. The standard InChI is InChI=1S/C15H18ClFN2O2/c16-12-5-10(2-3-13(12)17)21-8-15(20)19-6-9-1-4-14(18)11(9)7-19/h2-3,5,9,11,14H,1,4,6-8,18H2. The summed E-state index contributed by atoms with van der Waals surface area (Å²) in [6, 6.07) is 4.27. The summed E-state index contributed by atoms with van der Waals surface area (Å²) in [6.45, 7) is 1.43. The lowest BCUT2D eigenvalue weighted by Gasteiger charge is -2.19. The van der Waals surface area contributed by atoms with Crippen LogP contribution in [0.25, 0.3) is 0 Å². The number of hydrogen-bond donors (Lipinski definition) is 1. The van der Waals surface area contributed by atoms with Crippen LogP contribution in [0.4, 0.5) is 4.39 Å². The van der Waals surface area contributed by atoms with E-state index in [1.807, 2.05) is 4.90 Å². The fourth-order valence-corrected chi connectivity index (χ4v) is 3.48. The maximum Gasteiger partial charge on any atom is 0.260 e. The van der Waals surface area contributed by atoms with Crippen LogP contribution in [-0.4, -0.2) is 36.5 Å². The average molecular weight is 313 g/mol. The summed E-state index contributed by atoms with van der Waals surface area (Å²) < 4.78 is 18.4. The first-order chi connectivity index (χ1) is 10.0. The third kappa shape index (κ3) is 2.99. The lowest BCUT2D eigenvalue weighted by atomic mass is 9.98. The van der Waals surface area contributed by atoms with E-state index in [1.54, 1.807) is 0 Å². The molecule has 1 aromatic carbocycles. The smallest absolute Gasteiger partial charge is 0.260 e. The molecule has 1 amide bonds. The van der Waals surface area contributed by atoms with E-state index >= 15 is 0 Å². The first-order valence-corrected chi connectivity index (χ1v) is 7.53. The summed E-state index contributed by atoms with van der Waals surface area (Å²) in [6.07, 6.45) is 2.16. The van der Waals surface area contributed by atoms with E-state index in [0.717, 1.165) is 25.9 Å². The predicted molar refractivity (Wildman–Crippen MR) is 77.7 cm³/mol. The van der Waals surface area contributed by atoms with Gasteiger partial charge in [0.2, 0.25) is 0 Å². The van der Waals surface area contributed by atoms with Gasteiger partial charge in [0, 0.05) is 25.2 Å². The number of hydrogen-bond acceptors (Lipinski definition) is 3. The molecule has 1 aliphatic heterocycles. The van der Waals surface area contributed by atoms with E-state index in [0.29, 0.717) is 17.6 Å². The van der Waals surface area contributed by atoms with Gasteiger partial charge < -0.3 is 15.4 Å². The molecule has 2 fully saturated rings. The highest BCUT2D eigenvalue weighted by molar-refractivity contribution is 6.30. The number of rotatable bonds is 3. The summed E-state index contributed by atoms with van der Waals surface area (Å²) in [5.41, 5.74) is 6.06. The van der Waals surface area contributed by atoms with E-state index in [-0.39, 0.29) is 23.6 Å². The third-order valence-electron chi connectivity index (χ3n) is 4.52. The molecule has 1 saturated heterocycles. The Labute approximate surface area is 128 Å². The van der Waals surface area contributed by atoms with Gasteiger partial charge in [0.25, 0.3) is 5.91 Å². The summed E-state index contributed by atoms with van der Waals surface area (Å²) in [7, 11) is 0. The second-order valence-corrected chi connectivity index (χ2v) is 6.24. The van der Waals surface area contributed by atoms with Gasteiger partial charge in [0.15, 0.2) is 6.61 Å². The molecule has 0 spiro atoms. The maximum absolute atomic E-state index is 13.0. The molecule has 1 heterocycles. The molecule has 2 aliphatic rings. The molecule has 0 bridgehead atoms. The zero-order valence-electron chi connectivity index (χ0n) is 11.6. The van der Waals surface area contributed by atoms with Gasteiger partial charge in [-0.05, 0) is 36.8 Å². The SMILES string of the molecule is NC1CCC2CN(C(=O)COc3ccc(F)c(Cl)c3)CC12. The lowest BCUT2D eigenvalue weighted by molar-refractivity contribution is -0.132. The fraction of sp³-hybridized carbons (Fsp3) is 0.533. The number of amides is 1. The molecule has 6 heteroatoms. The second-order valence-electron chi connectivity index (χ2n) is 5.83. The highest BCUT2D eigenvalue weighted by Crippen LogP contribution is 2.37. The number of likely N-dealkylation sites (tertiary alicyclic amines) is 1. The van der Waals surface area contributed by atoms with Crippen molar-refractivity contribution in [2.45, 2.75) is 18.9 Å². The largest absolute Gasteiger partial charge is 0.484 e. The van der Waals surface area contributed by atoms with Crippen LogP contribution in [0.2, 0.25) is 5.02 Å². The first kappa shape index (κ1) is 14.6. The molecule has 21 heavy (non-hydrogen) atoms. The van der Waals surface area contributed by atoms with Crippen LogP contribution < -0.4 is 10.5 Å². The van der Waals surface area contributed by atoms with Crippen LogP contribution in [0.5, 0.6) is 5.75 Å². The Bertz CT molecular complexity index is 554. The number of nitrogens with zero attached hydrogens (tertiary/aromatic N) is 1. The van der Waals surface area contributed by atoms with E-state index in [9.17, 15) is 9.18 Å². The number of ether oxygens (including phenoxy) is 1. The van der Waals surface area contributed by atoms with E-state index < -0.39 is 5.82 Å². The van der Waals surface area contributed by atoms with Gasteiger partial charge in [-0.2, -0.15) is 0 Å². The van der Waals surface area contributed by atoms with E-state index in [2.05, 4.69) is 0 Å². The van der Waals surface area contributed by atoms with Crippen LogP contribution in [0.15, 0.2) is 18.2 Å². The van der Waals surface area contributed by atoms with Gasteiger partial charge in [-0.1, -0.05) is 11.6 Å². The van der Waals surface area contributed by atoms with Gasteiger partial charge in [-0.15, -0.1) is 0 Å². The van der Waals surface area contributed by atoms with Crippen LogP contribution >= 0.6 is 11.6 Å². The molecule has 114 valence electrons. The van der Waals surface area contributed by atoms with Crippen molar-refractivity contribution < 1.29 is 13.9 Å². The third-order valence-corrected chi connectivity index (χ3v) is 4.81. The summed E-state index contributed by atoms with van der Waals surface area (Å²) in [4.78, 5) is 14.0. The Balaban J connectivity index is 1.54. The molecule has 1 aromatic rings. The normalized spacial score (nSPS) is 27.8. The Hall–Kier alpha value is -1.33. The van der Waals surface area contributed by atoms with Crippen LogP contribution in [0, 0.1) is 17.7 Å². The highest BCUT2D eigenvalue weighted by atomic mass is 35.5. The average Bonchev–Trinajstić information content (AvgIpc) is 3.02. The number of carbonyl (C=O) groups is 1. The van der Waals surface area contributed by atoms with Gasteiger partial charge in [0.05, 0.1) is 5.02 Å². The summed E-state index contributed by atoms with van der Waals surface area (Å²) >= 11 is 5.67. The number of fused-ring (bicyclic) bond motifs is 1. The fourth-order valence-electron chi connectivity index (χ4n) is 3.31. The summed E-state index contributed by atoms with van der Waals surface area (Å²) in [5.74, 6) is 0.790. The highest BCUT2D eigenvalue weighted by Gasteiger charge is 2.42. The van der Waals surface area contributed by atoms with Crippen molar-refractivity contribution in [3.8, 4) is 5.75 Å². The molecule has 3 unspecified atom stereocenters. The maximum atomic E-state index is 13.0. The van der Waals surface area contributed by atoms with Crippen LogP contribution in [0.1, 0.15) is 12.8 Å². The Morgan fingerprint density at radius 1 is 1.43 bits per heavy atom. The Kier molecular flexibility index (Phi) is 4.04. The van der Waals surface area contributed by atoms with Crippen LogP contribution in [0.3, 0.4) is 0 Å². The molecule has 0 aromatic heterocycles. The van der Waals surface area contributed by atoms with Crippen molar-refractivity contribution in [1.29, 1.82) is 0 Å². The minimum absolute atomic E-state index is 0.0124. The quantitative estimate of drug-likeness (QED) is 0.929. The van der Waals surface area contributed by atoms with Crippen molar-refractivity contribution in [2.24, 2.45) is 17.6 Å². The van der Waals surface area contributed by atoms with Gasteiger partial charge in [0.1, 0.15) is 11.6 Å². The Morgan fingerprint density at radius 2 is 2.24 bits per heavy atom. The van der Waals surface area contributed by atoms with Crippen molar-refractivity contribution in [1.82, 2.24) is 4.90 Å². The van der Waals surface area contributed by atoms with Crippen molar-refractivity contribution in [2.75, 3.05) is 19.7 Å². The summed E-state index contributed by atoms with van der Waals surface area (Å²) in [5, 5.41) is -0.0124. The molecule has 1 saturated carbocycles. The minimum atomic E-state index is -0.503. The van der Waals surface area contributed by atoms with Gasteiger partial charge in [-0.3, -0.25) is 4.79 Å². The second kappa shape index (κ2) is 5.81. The zero-order chi connectivity index (χ0) is 15.0. The van der Waals surface area contributed by atoms with Crippen molar-refractivity contribution in [3.63, 3.8) is 0 Å². The number of benzene rings is 1. The first-order valence-electron chi connectivity index (χ1n) is 7.16. The lowest BCUT2D eigenvalue weighted by Crippen LogP contribution is -2.36. The van der Waals surface area contributed by atoms with Crippen molar-refractivity contribution >= 4 is 17.5 Å². The van der Waals surface area contributed by atoms with E-state index in [4.69, 9.17) is 22.1 Å². The van der Waals surface area contributed by atoms with E-state index in [1.165, 1.54) is 18.2 Å². The molecule has 0 radical (unpaired) electrons. The van der Waals surface area contributed by atoms with Crippen molar-refractivity contribution in [3.05, 3.63) is 29.0 Å². The number of carbonyl (C=O) groups excluding carboxylic acids is 1. The van der Waals surface area contributed by atoms with Gasteiger partial charge >= 0.3 is 0 Å². The predicted octanol–water partition coefficient (Wildman–Crippen LogP) is 2.05. The molecular formula is C15H18ClFN2O2. The number of halogens is 2. The molecule has 4 nitrogen and oxygen atoms in total. The molecule has 2 N–H and O–H groups in total. The monoisotopic (exact) mass is 312 g/mol. The molecule has 3 rings (SSSR count). The molecular weight excluding hydrogens is 295 g/mol. The molecule has 1 aliphatic carbocycles.